The fourth-order valence-electron chi connectivity index (χ4n) is 1.65. The van der Waals surface area contributed by atoms with E-state index in [1.54, 1.807) is 0 Å². The molecule has 0 saturated carbocycles. The minimum atomic E-state index is -0.115. The van der Waals surface area contributed by atoms with Gasteiger partial charge in [-0.3, -0.25) is 4.79 Å². The number of rotatable bonds is 6. The molecule has 1 amide bonds. The highest BCUT2D eigenvalue weighted by molar-refractivity contribution is 9.10. The van der Waals surface area contributed by atoms with Gasteiger partial charge in [-0.15, -0.1) is 0 Å². The predicted octanol–water partition coefficient (Wildman–Crippen LogP) is 3.24. The first-order valence-electron chi connectivity index (χ1n) is 7.13. The molecule has 4 nitrogen and oxygen atoms in total. The number of carbonyl (C=O) groups excluding carboxylic acids is 1. The number of halogens is 1. The van der Waals surface area contributed by atoms with E-state index in [4.69, 9.17) is 4.74 Å². The smallest absolute Gasteiger partial charge is 0.258 e. The summed E-state index contributed by atoms with van der Waals surface area (Å²) in [6.07, 6.45) is 0. The third kappa shape index (κ3) is 7.48. The summed E-state index contributed by atoms with van der Waals surface area (Å²) >= 11 is 3.48. The fraction of sp³-hybridized carbons (Fsp3) is 0.562. The summed E-state index contributed by atoms with van der Waals surface area (Å²) < 4.78 is 6.38. The van der Waals surface area contributed by atoms with Crippen LogP contribution in [0.15, 0.2) is 22.7 Å². The lowest BCUT2D eigenvalue weighted by Crippen LogP contribution is -2.35. The molecule has 1 aromatic carbocycles. The summed E-state index contributed by atoms with van der Waals surface area (Å²) in [7, 11) is 0. The van der Waals surface area contributed by atoms with Gasteiger partial charge in [0.15, 0.2) is 6.61 Å². The second-order valence-electron chi connectivity index (χ2n) is 6.38. The van der Waals surface area contributed by atoms with Crippen molar-refractivity contribution in [2.45, 2.75) is 52.7 Å². The number of nitrogens with one attached hydrogen (secondary N) is 2. The van der Waals surface area contributed by atoms with Crippen molar-refractivity contribution < 1.29 is 9.53 Å². The Morgan fingerprint density at radius 1 is 1.33 bits per heavy atom. The summed E-state index contributed by atoms with van der Waals surface area (Å²) in [6.45, 7) is 11.1. The molecule has 0 atom stereocenters. The van der Waals surface area contributed by atoms with Crippen LogP contribution in [0, 0.1) is 0 Å². The van der Waals surface area contributed by atoms with E-state index in [2.05, 4.69) is 47.3 Å². The molecule has 0 aliphatic carbocycles. The zero-order valence-electron chi connectivity index (χ0n) is 13.4. The van der Waals surface area contributed by atoms with E-state index in [-0.39, 0.29) is 24.1 Å². The van der Waals surface area contributed by atoms with E-state index >= 15 is 0 Å². The molecule has 0 spiro atoms. The number of ether oxygens (including phenoxy) is 1. The lowest BCUT2D eigenvalue weighted by Gasteiger charge is -2.20. The van der Waals surface area contributed by atoms with Crippen molar-refractivity contribution in [3.63, 3.8) is 0 Å². The predicted molar refractivity (Wildman–Crippen MR) is 89.5 cm³/mol. The van der Waals surface area contributed by atoms with Crippen LogP contribution in [0.1, 0.15) is 40.2 Å². The third-order valence-corrected chi connectivity index (χ3v) is 3.25. The molecule has 1 rings (SSSR count). The van der Waals surface area contributed by atoms with Crippen molar-refractivity contribution in [2.75, 3.05) is 6.61 Å². The molecule has 2 N–H and O–H groups in total. The van der Waals surface area contributed by atoms with Gasteiger partial charge in [0, 0.05) is 18.1 Å². The van der Waals surface area contributed by atoms with Gasteiger partial charge in [0.05, 0.1) is 4.47 Å². The molecule has 0 unspecified atom stereocenters. The standard InChI is InChI=1S/C16H25BrN2O2/c1-11(2)19-15(20)10-21-14-7-6-12(8-13(14)17)9-18-16(3,4)5/h6-8,11,18H,9-10H2,1-5H3,(H,19,20). The fourth-order valence-corrected chi connectivity index (χ4v) is 2.19. The topological polar surface area (TPSA) is 50.4 Å². The van der Waals surface area contributed by atoms with Gasteiger partial charge in [-0.25, -0.2) is 0 Å². The Bertz CT molecular complexity index is 482. The molecule has 0 aromatic heterocycles. The molecule has 1 aromatic rings. The Balaban J connectivity index is 2.56. The van der Waals surface area contributed by atoms with E-state index in [1.165, 1.54) is 0 Å². The summed E-state index contributed by atoms with van der Waals surface area (Å²) in [5, 5.41) is 6.22. The van der Waals surface area contributed by atoms with Gasteiger partial charge >= 0.3 is 0 Å². The molecule has 0 aliphatic heterocycles. The first-order chi connectivity index (χ1) is 9.67. The van der Waals surface area contributed by atoms with Crippen LogP contribution in [0.3, 0.4) is 0 Å². The first-order valence-corrected chi connectivity index (χ1v) is 7.92. The van der Waals surface area contributed by atoms with Crippen molar-refractivity contribution >= 4 is 21.8 Å². The molecule has 0 radical (unpaired) electrons. The maximum atomic E-state index is 11.6. The highest BCUT2D eigenvalue weighted by atomic mass is 79.9. The second kappa shape index (κ2) is 7.80. The van der Waals surface area contributed by atoms with Crippen LogP contribution in [0.2, 0.25) is 0 Å². The monoisotopic (exact) mass is 356 g/mol. The quantitative estimate of drug-likeness (QED) is 0.822. The van der Waals surface area contributed by atoms with Crippen molar-refractivity contribution in [1.82, 2.24) is 10.6 Å². The summed E-state index contributed by atoms with van der Waals surface area (Å²) in [4.78, 5) is 11.6. The molecule has 118 valence electrons. The molecule has 21 heavy (non-hydrogen) atoms. The lowest BCUT2D eigenvalue weighted by molar-refractivity contribution is -0.123. The largest absolute Gasteiger partial charge is 0.483 e. The van der Waals surface area contributed by atoms with E-state index in [1.807, 2.05) is 32.0 Å². The number of benzene rings is 1. The van der Waals surface area contributed by atoms with Crippen LogP contribution in [0.5, 0.6) is 5.75 Å². The van der Waals surface area contributed by atoms with Gasteiger partial charge in [-0.1, -0.05) is 6.07 Å². The molecule has 0 saturated heterocycles. The second-order valence-corrected chi connectivity index (χ2v) is 7.23. The Kier molecular flexibility index (Phi) is 6.68. The zero-order chi connectivity index (χ0) is 16.0. The molecule has 0 heterocycles. The van der Waals surface area contributed by atoms with E-state index < -0.39 is 0 Å². The van der Waals surface area contributed by atoms with Gasteiger partial charge in [-0.05, 0) is 68.2 Å². The average molecular weight is 357 g/mol. The number of carbonyl (C=O) groups is 1. The van der Waals surface area contributed by atoms with E-state index in [9.17, 15) is 4.79 Å². The molecular formula is C16H25BrN2O2. The summed E-state index contributed by atoms with van der Waals surface area (Å²) in [5.41, 5.74) is 1.24. The molecule has 5 heteroatoms. The summed E-state index contributed by atoms with van der Waals surface area (Å²) in [6, 6.07) is 6.01. The van der Waals surface area contributed by atoms with Crippen LogP contribution < -0.4 is 15.4 Å². The minimum absolute atomic E-state index is 0.0242. The summed E-state index contributed by atoms with van der Waals surface area (Å²) in [5.74, 6) is 0.559. The van der Waals surface area contributed by atoms with Crippen LogP contribution in [-0.4, -0.2) is 24.1 Å². The van der Waals surface area contributed by atoms with E-state index in [0.717, 1.165) is 16.6 Å². The van der Waals surface area contributed by atoms with Crippen LogP contribution >= 0.6 is 15.9 Å². The Labute approximate surface area is 135 Å². The molecule has 0 fully saturated rings. The van der Waals surface area contributed by atoms with Gasteiger partial charge in [0.1, 0.15) is 5.75 Å². The van der Waals surface area contributed by atoms with Gasteiger partial charge in [-0.2, -0.15) is 0 Å². The number of amides is 1. The highest BCUT2D eigenvalue weighted by Gasteiger charge is 2.10. The maximum Gasteiger partial charge on any atom is 0.258 e. The van der Waals surface area contributed by atoms with Gasteiger partial charge < -0.3 is 15.4 Å². The molecular weight excluding hydrogens is 332 g/mol. The van der Waals surface area contributed by atoms with Crippen LogP contribution in [0.4, 0.5) is 0 Å². The minimum Gasteiger partial charge on any atom is -0.483 e. The maximum absolute atomic E-state index is 11.6. The first kappa shape index (κ1) is 18.0. The van der Waals surface area contributed by atoms with Gasteiger partial charge in [0.25, 0.3) is 5.91 Å². The van der Waals surface area contributed by atoms with Gasteiger partial charge in [0.2, 0.25) is 0 Å². The highest BCUT2D eigenvalue weighted by Crippen LogP contribution is 2.26. The van der Waals surface area contributed by atoms with Crippen molar-refractivity contribution in [3.05, 3.63) is 28.2 Å². The average Bonchev–Trinajstić information content (AvgIpc) is 2.33. The van der Waals surface area contributed by atoms with Crippen molar-refractivity contribution in [2.24, 2.45) is 0 Å². The zero-order valence-corrected chi connectivity index (χ0v) is 15.0. The number of hydrogen-bond donors (Lipinski definition) is 2. The third-order valence-electron chi connectivity index (χ3n) is 2.63. The Morgan fingerprint density at radius 3 is 2.52 bits per heavy atom. The van der Waals surface area contributed by atoms with Crippen LogP contribution in [-0.2, 0) is 11.3 Å². The molecule has 0 bridgehead atoms. The Hall–Kier alpha value is -1.07. The number of hydrogen-bond acceptors (Lipinski definition) is 3. The SMILES string of the molecule is CC(C)NC(=O)COc1ccc(CNC(C)(C)C)cc1Br. The van der Waals surface area contributed by atoms with Crippen molar-refractivity contribution in [1.29, 1.82) is 0 Å². The van der Waals surface area contributed by atoms with E-state index in [0.29, 0.717) is 5.75 Å². The van der Waals surface area contributed by atoms with Crippen molar-refractivity contribution in [3.8, 4) is 5.75 Å². The van der Waals surface area contributed by atoms with Crippen LogP contribution in [0.25, 0.3) is 0 Å². The lowest BCUT2D eigenvalue weighted by atomic mass is 10.1. The normalized spacial score (nSPS) is 11.6. The molecule has 0 aliphatic rings. The Morgan fingerprint density at radius 2 is 2.00 bits per heavy atom.